The lowest BCUT2D eigenvalue weighted by molar-refractivity contribution is 0.122. The van der Waals surface area contributed by atoms with Gasteiger partial charge in [0.2, 0.25) is 0 Å². The molecule has 52 valence electrons. The van der Waals surface area contributed by atoms with Gasteiger partial charge in [-0.25, -0.2) is 0 Å². The van der Waals surface area contributed by atoms with Crippen LogP contribution in [0, 0.1) is 11.8 Å². The Balaban J connectivity index is 1.64. The first kappa shape index (κ1) is 5.72. The SMILES string of the molecule is CN1CC(CC2CC2)C1. The molecule has 0 atom stereocenters. The lowest BCUT2D eigenvalue weighted by Crippen LogP contribution is -2.43. The summed E-state index contributed by atoms with van der Waals surface area (Å²) in [6.07, 6.45) is 4.59. The van der Waals surface area contributed by atoms with Crippen LogP contribution in [0.4, 0.5) is 0 Å². The second-order valence-electron chi connectivity index (χ2n) is 3.77. The number of rotatable bonds is 2. The fraction of sp³-hybridized carbons (Fsp3) is 1.00. The molecular formula is C8H15N. The Kier molecular flexibility index (Phi) is 1.26. The van der Waals surface area contributed by atoms with Crippen molar-refractivity contribution in [2.75, 3.05) is 20.1 Å². The van der Waals surface area contributed by atoms with E-state index in [2.05, 4.69) is 11.9 Å². The van der Waals surface area contributed by atoms with Crippen molar-refractivity contribution in [3.8, 4) is 0 Å². The van der Waals surface area contributed by atoms with Gasteiger partial charge in [0.05, 0.1) is 0 Å². The first-order valence-corrected chi connectivity index (χ1v) is 4.03. The molecule has 2 rings (SSSR count). The minimum absolute atomic E-state index is 1.07. The summed E-state index contributed by atoms with van der Waals surface area (Å²) >= 11 is 0. The van der Waals surface area contributed by atoms with Crippen LogP contribution in [-0.4, -0.2) is 25.0 Å². The van der Waals surface area contributed by atoms with Gasteiger partial charge in [0.25, 0.3) is 0 Å². The van der Waals surface area contributed by atoms with E-state index in [0.29, 0.717) is 0 Å². The summed E-state index contributed by atoms with van der Waals surface area (Å²) in [6, 6.07) is 0. The van der Waals surface area contributed by atoms with E-state index < -0.39 is 0 Å². The van der Waals surface area contributed by atoms with Crippen molar-refractivity contribution in [2.45, 2.75) is 19.3 Å². The summed E-state index contributed by atoms with van der Waals surface area (Å²) in [5, 5.41) is 0. The maximum absolute atomic E-state index is 2.41. The van der Waals surface area contributed by atoms with Crippen molar-refractivity contribution in [2.24, 2.45) is 11.8 Å². The first-order chi connectivity index (χ1) is 4.34. The molecule has 0 spiro atoms. The highest BCUT2D eigenvalue weighted by molar-refractivity contribution is 4.83. The summed E-state index contributed by atoms with van der Waals surface area (Å²) < 4.78 is 0. The van der Waals surface area contributed by atoms with Crippen LogP contribution in [0.25, 0.3) is 0 Å². The fourth-order valence-corrected chi connectivity index (χ4v) is 1.80. The van der Waals surface area contributed by atoms with E-state index in [9.17, 15) is 0 Å². The van der Waals surface area contributed by atoms with Crippen molar-refractivity contribution in [3.63, 3.8) is 0 Å². The summed E-state index contributed by atoms with van der Waals surface area (Å²) in [5.41, 5.74) is 0. The highest BCUT2D eigenvalue weighted by Gasteiger charge is 2.30. The normalized spacial score (nSPS) is 30.3. The molecule has 0 radical (unpaired) electrons. The zero-order chi connectivity index (χ0) is 6.27. The lowest BCUT2D eigenvalue weighted by Gasteiger charge is -2.36. The molecule has 1 heteroatoms. The molecule has 0 bridgehead atoms. The van der Waals surface area contributed by atoms with Gasteiger partial charge in [-0.05, 0) is 25.3 Å². The molecule has 1 aliphatic carbocycles. The van der Waals surface area contributed by atoms with Gasteiger partial charge in [-0.3, -0.25) is 0 Å². The van der Waals surface area contributed by atoms with E-state index in [1.807, 2.05) is 0 Å². The summed E-state index contributed by atoms with van der Waals surface area (Å²) in [7, 11) is 2.21. The van der Waals surface area contributed by atoms with E-state index in [-0.39, 0.29) is 0 Å². The van der Waals surface area contributed by atoms with Gasteiger partial charge in [-0.15, -0.1) is 0 Å². The van der Waals surface area contributed by atoms with Gasteiger partial charge in [0.15, 0.2) is 0 Å². The number of likely N-dealkylation sites (tertiary alicyclic amines) is 1. The Hall–Kier alpha value is -0.0400. The summed E-state index contributed by atoms with van der Waals surface area (Å²) in [4.78, 5) is 2.41. The molecule has 1 saturated carbocycles. The molecular weight excluding hydrogens is 110 g/mol. The monoisotopic (exact) mass is 125 g/mol. The molecule has 0 N–H and O–H groups in total. The molecule has 0 amide bonds. The molecule has 1 aliphatic heterocycles. The molecule has 0 aromatic carbocycles. The molecule has 0 unspecified atom stereocenters. The Morgan fingerprint density at radius 3 is 2.33 bits per heavy atom. The zero-order valence-electron chi connectivity index (χ0n) is 6.14. The second kappa shape index (κ2) is 1.98. The van der Waals surface area contributed by atoms with E-state index >= 15 is 0 Å². The smallest absolute Gasteiger partial charge is 0.00191 e. The van der Waals surface area contributed by atoms with E-state index in [0.717, 1.165) is 11.8 Å². The van der Waals surface area contributed by atoms with E-state index in [1.54, 1.807) is 0 Å². The minimum atomic E-state index is 1.07. The topological polar surface area (TPSA) is 3.24 Å². The van der Waals surface area contributed by atoms with Gasteiger partial charge in [-0.2, -0.15) is 0 Å². The first-order valence-electron chi connectivity index (χ1n) is 4.03. The Morgan fingerprint density at radius 1 is 1.22 bits per heavy atom. The van der Waals surface area contributed by atoms with E-state index in [1.165, 1.54) is 32.4 Å². The third-order valence-corrected chi connectivity index (χ3v) is 2.50. The van der Waals surface area contributed by atoms with Crippen molar-refractivity contribution in [1.82, 2.24) is 4.90 Å². The van der Waals surface area contributed by atoms with Crippen molar-refractivity contribution in [1.29, 1.82) is 0 Å². The predicted octanol–water partition coefficient (Wildman–Crippen LogP) is 1.35. The summed E-state index contributed by atoms with van der Waals surface area (Å²) in [6.45, 7) is 2.74. The van der Waals surface area contributed by atoms with Gasteiger partial charge in [0, 0.05) is 13.1 Å². The maximum Gasteiger partial charge on any atom is 0.00191 e. The highest BCUT2D eigenvalue weighted by atomic mass is 15.2. The molecule has 1 heterocycles. The van der Waals surface area contributed by atoms with Crippen molar-refractivity contribution in [3.05, 3.63) is 0 Å². The second-order valence-corrected chi connectivity index (χ2v) is 3.77. The van der Waals surface area contributed by atoms with Gasteiger partial charge < -0.3 is 4.90 Å². The number of hydrogen-bond donors (Lipinski definition) is 0. The molecule has 9 heavy (non-hydrogen) atoms. The van der Waals surface area contributed by atoms with Crippen LogP contribution in [0.3, 0.4) is 0 Å². The van der Waals surface area contributed by atoms with Crippen molar-refractivity contribution < 1.29 is 0 Å². The van der Waals surface area contributed by atoms with E-state index in [4.69, 9.17) is 0 Å². The standard InChI is InChI=1S/C8H15N/c1-9-5-8(6-9)4-7-2-3-7/h7-8H,2-6H2,1H3. The molecule has 2 fully saturated rings. The summed E-state index contributed by atoms with van der Waals surface area (Å²) in [5.74, 6) is 2.21. The largest absolute Gasteiger partial charge is 0.306 e. The van der Waals surface area contributed by atoms with Crippen LogP contribution >= 0.6 is 0 Å². The van der Waals surface area contributed by atoms with Crippen LogP contribution < -0.4 is 0 Å². The average Bonchev–Trinajstić information content (AvgIpc) is 2.45. The Labute approximate surface area is 57.0 Å². The molecule has 0 aromatic heterocycles. The Bertz CT molecular complexity index is 101. The average molecular weight is 125 g/mol. The maximum atomic E-state index is 2.41. The number of hydrogen-bond acceptors (Lipinski definition) is 1. The molecule has 2 aliphatic rings. The highest BCUT2D eigenvalue weighted by Crippen LogP contribution is 2.37. The third-order valence-electron chi connectivity index (χ3n) is 2.50. The predicted molar refractivity (Wildman–Crippen MR) is 38.3 cm³/mol. The van der Waals surface area contributed by atoms with Gasteiger partial charge >= 0.3 is 0 Å². The van der Waals surface area contributed by atoms with Crippen LogP contribution in [0.1, 0.15) is 19.3 Å². The van der Waals surface area contributed by atoms with Crippen molar-refractivity contribution >= 4 is 0 Å². The molecule has 1 nitrogen and oxygen atoms in total. The van der Waals surface area contributed by atoms with Crippen LogP contribution in [0.15, 0.2) is 0 Å². The quantitative estimate of drug-likeness (QED) is 0.538. The number of nitrogens with zero attached hydrogens (tertiary/aromatic N) is 1. The fourth-order valence-electron chi connectivity index (χ4n) is 1.80. The minimum Gasteiger partial charge on any atom is -0.306 e. The lowest BCUT2D eigenvalue weighted by atomic mass is 9.95. The molecule has 1 saturated heterocycles. The van der Waals surface area contributed by atoms with Crippen LogP contribution in [-0.2, 0) is 0 Å². The van der Waals surface area contributed by atoms with Gasteiger partial charge in [-0.1, -0.05) is 12.8 Å². The van der Waals surface area contributed by atoms with Crippen LogP contribution in [0.5, 0.6) is 0 Å². The zero-order valence-corrected chi connectivity index (χ0v) is 6.14. The van der Waals surface area contributed by atoms with Crippen LogP contribution in [0.2, 0.25) is 0 Å². The third kappa shape index (κ3) is 1.26. The molecule has 0 aromatic rings. The van der Waals surface area contributed by atoms with Gasteiger partial charge in [0.1, 0.15) is 0 Å². The Morgan fingerprint density at radius 2 is 1.89 bits per heavy atom.